The van der Waals surface area contributed by atoms with Crippen LogP contribution >= 0.6 is 0 Å². The molecule has 2 N–H and O–H groups in total. The highest BCUT2D eigenvalue weighted by molar-refractivity contribution is 5.84. The Balaban J connectivity index is 2.47. The normalized spacial score (nSPS) is 19.5. The van der Waals surface area contributed by atoms with Gasteiger partial charge in [0.2, 0.25) is 5.88 Å². The van der Waals surface area contributed by atoms with Gasteiger partial charge in [0.25, 0.3) is 0 Å². The Labute approximate surface area is 100 Å². The predicted molar refractivity (Wildman–Crippen MR) is 65.1 cm³/mol. The van der Waals surface area contributed by atoms with Gasteiger partial charge in [-0.05, 0) is 5.56 Å². The van der Waals surface area contributed by atoms with Gasteiger partial charge in [0.05, 0.1) is 12.7 Å². The summed E-state index contributed by atoms with van der Waals surface area (Å²) in [5.41, 5.74) is 7.36. The van der Waals surface area contributed by atoms with Crippen LogP contribution in [0.5, 0.6) is 0 Å². The number of allylic oxidation sites excluding steroid dienone is 1. The maximum atomic E-state index is 9.21. The molecule has 1 heterocycles. The summed E-state index contributed by atoms with van der Waals surface area (Å²) in [6.45, 7) is 0. The van der Waals surface area contributed by atoms with Crippen molar-refractivity contribution in [3.63, 3.8) is 0 Å². The third-order valence-electron chi connectivity index (χ3n) is 2.75. The second kappa shape index (κ2) is 4.71. The third-order valence-corrected chi connectivity index (χ3v) is 2.75. The maximum Gasteiger partial charge on any atom is 0.229 e. The number of aliphatic imine (C=N–C) groups is 1. The number of nitrogens with two attached hydrogens (primary N) is 1. The van der Waals surface area contributed by atoms with Crippen LogP contribution in [0.3, 0.4) is 0 Å². The highest BCUT2D eigenvalue weighted by Crippen LogP contribution is 2.33. The quantitative estimate of drug-likeness (QED) is 0.838. The molecular weight excluding hydrogens is 214 g/mol. The van der Waals surface area contributed by atoms with E-state index in [9.17, 15) is 5.26 Å². The van der Waals surface area contributed by atoms with Crippen molar-refractivity contribution in [2.24, 2.45) is 10.7 Å². The number of hydrogen-bond acceptors (Lipinski definition) is 4. The highest BCUT2D eigenvalue weighted by atomic mass is 16.5. The van der Waals surface area contributed by atoms with Crippen molar-refractivity contribution in [1.82, 2.24) is 0 Å². The first-order chi connectivity index (χ1) is 8.26. The molecule has 1 aliphatic heterocycles. The largest absolute Gasteiger partial charge is 0.480 e. The zero-order valence-corrected chi connectivity index (χ0v) is 9.55. The number of nitrogens with zero attached hydrogens (tertiary/aromatic N) is 2. The van der Waals surface area contributed by atoms with Crippen molar-refractivity contribution in [2.75, 3.05) is 7.11 Å². The van der Waals surface area contributed by atoms with Crippen molar-refractivity contribution >= 4 is 5.84 Å². The van der Waals surface area contributed by atoms with E-state index in [2.05, 4.69) is 11.1 Å². The minimum atomic E-state index is -0.0614. The molecular formula is C13H13N3O. The Morgan fingerprint density at radius 2 is 2.12 bits per heavy atom. The first kappa shape index (κ1) is 11.2. The summed E-state index contributed by atoms with van der Waals surface area (Å²) in [7, 11) is 1.50. The molecule has 4 nitrogen and oxygen atoms in total. The number of amidine groups is 1. The molecule has 4 heteroatoms. The SMILES string of the molecule is COC1=C(C#N)C(c2ccccc2)CC(N)=N1. The summed E-state index contributed by atoms with van der Waals surface area (Å²) in [5, 5.41) is 9.21. The highest BCUT2D eigenvalue weighted by Gasteiger charge is 2.26. The fraction of sp³-hybridized carbons (Fsp3) is 0.231. The van der Waals surface area contributed by atoms with E-state index in [1.165, 1.54) is 7.11 Å². The number of nitriles is 1. The monoisotopic (exact) mass is 227 g/mol. The first-order valence-corrected chi connectivity index (χ1v) is 5.32. The lowest BCUT2D eigenvalue weighted by atomic mass is 9.87. The Kier molecular flexibility index (Phi) is 3.10. The number of hydrogen-bond donors (Lipinski definition) is 1. The van der Waals surface area contributed by atoms with E-state index in [0.717, 1.165) is 5.56 Å². The summed E-state index contributed by atoms with van der Waals surface area (Å²) in [6, 6.07) is 12.0. The summed E-state index contributed by atoms with van der Waals surface area (Å²) in [6.07, 6.45) is 0.555. The minimum absolute atomic E-state index is 0.0614. The molecule has 0 amide bonds. The molecule has 0 saturated heterocycles. The van der Waals surface area contributed by atoms with Crippen LogP contribution in [0.25, 0.3) is 0 Å². The Hall–Kier alpha value is -2.28. The summed E-state index contributed by atoms with van der Waals surface area (Å²) in [4.78, 5) is 4.06. The number of ether oxygens (including phenoxy) is 1. The predicted octanol–water partition coefficient (Wildman–Crippen LogP) is 1.91. The molecule has 1 aromatic carbocycles. The van der Waals surface area contributed by atoms with Crippen molar-refractivity contribution in [2.45, 2.75) is 12.3 Å². The van der Waals surface area contributed by atoms with Gasteiger partial charge >= 0.3 is 0 Å². The number of rotatable bonds is 2. The zero-order valence-electron chi connectivity index (χ0n) is 9.55. The summed E-state index contributed by atoms with van der Waals surface area (Å²) >= 11 is 0. The van der Waals surface area contributed by atoms with Gasteiger partial charge in [0, 0.05) is 12.3 Å². The molecule has 1 unspecified atom stereocenters. The molecule has 17 heavy (non-hydrogen) atoms. The molecule has 0 spiro atoms. The average Bonchev–Trinajstić information content (AvgIpc) is 2.38. The van der Waals surface area contributed by atoms with Crippen molar-refractivity contribution in [3.05, 3.63) is 47.4 Å². The van der Waals surface area contributed by atoms with Crippen molar-refractivity contribution in [3.8, 4) is 6.07 Å². The average molecular weight is 227 g/mol. The number of benzene rings is 1. The van der Waals surface area contributed by atoms with Crippen LogP contribution in [0.1, 0.15) is 17.9 Å². The topological polar surface area (TPSA) is 71.4 Å². The molecule has 1 atom stereocenters. The molecule has 0 radical (unpaired) electrons. The van der Waals surface area contributed by atoms with Crippen molar-refractivity contribution < 1.29 is 4.74 Å². The minimum Gasteiger partial charge on any atom is -0.480 e. The lowest BCUT2D eigenvalue weighted by molar-refractivity contribution is 0.280. The lowest BCUT2D eigenvalue weighted by Gasteiger charge is -2.21. The molecule has 0 aliphatic carbocycles. The van der Waals surface area contributed by atoms with Gasteiger partial charge < -0.3 is 10.5 Å². The molecule has 0 bridgehead atoms. The fourth-order valence-electron chi connectivity index (χ4n) is 1.95. The van der Waals surface area contributed by atoms with Crippen LogP contribution in [0.4, 0.5) is 0 Å². The molecule has 86 valence electrons. The van der Waals surface area contributed by atoms with Crippen LogP contribution in [-0.4, -0.2) is 12.9 Å². The Bertz CT molecular complexity index is 511. The van der Waals surface area contributed by atoms with E-state index < -0.39 is 0 Å². The Morgan fingerprint density at radius 1 is 1.41 bits per heavy atom. The maximum absolute atomic E-state index is 9.21. The van der Waals surface area contributed by atoms with Gasteiger partial charge in [-0.15, -0.1) is 0 Å². The second-order valence-corrected chi connectivity index (χ2v) is 3.81. The van der Waals surface area contributed by atoms with Crippen LogP contribution < -0.4 is 5.73 Å². The van der Waals surface area contributed by atoms with E-state index in [1.807, 2.05) is 30.3 Å². The lowest BCUT2D eigenvalue weighted by Crippen LogP contribution is -2.22. The molecule has 1 aromatic rings. The molecule has 0 saturated carbocycles. The van der Waals surface area contributed by atoms with Gasteiger partial charge in [-0.2, -0.15) is 5.26 Å². The van der Waals surface area contributed by atoms with Gasteiger partial charge in [-0.1, -0.05) is 30.3 Å². The number of methoxy groups -OCH3 is 1. The van der Waals surface area contributed by atoms with Crippen LogP contribution in [0.15, 0.2) is 46.8 Å². The van der Waals surface area contributed by atoms with Crippen LogP contribution in [0, 0.1) is 11.3 Å². The molecule has 0 aromatic heterocycles. The Morgan fingerprint density at radius 3 is 2.71 bits per heavy atom. The van der Waals surface area contributed by atoms with E-state index in [-0.39, 0.29) is 5.92 Å². The third kappa shape index (κ3) is 2.13. The second-order valence-electron chi connectivity index (χ2n) is 3.81. The van der Waals surface area contributed by atoms with Gasteiger partial charge in [-0.3, -0.25) is 0 Å². The zero-order chi connectivity index (χ0) is 12.3. The van der Waals surface area contributed by atoms with E-state index in [4.69, 9.17) is 10.5 Å². The van der Waals surface area contributed by atoms with E-state index >= 15 is 0 Å². The van der Waals surface area contributed by atoms with E-state index in [0.29, 0.717) is 23.7 Å². The van der Waals surface area contributed by atoms with Crippen molar-refractivity contribution in [1.29, 1.82) is 5.26 Å². The van der Waals surface area contributed by atoms with Crippen LogP contribution in [0.2, 0.25) is 0 Å². The summed E-state index contributed by atoms with van der Waals surface area (Å²) in [5.74, 6) is 0.758. The van der Waals surface area contributed by atoms with Gasteiger partial charge in [0.15, 0.2) is 0 Å². The fourth-order valence-corrected chi connectivity index (χ4v) is 1.95. The van der Waals surface area contributed by atoms with E-state index in [1.54, 1.807) is 0 Å². The van der Waals surface area contributed by atoms with Gasteiger partial charge in [0.1, 0.15) is 11.9 Å². The first-order valence-electron chi connectivity index (χ1n) is 5.32. The standard InChI is InChI=1S/C13H13N3O/c1-17-13-11(8-14)10(7-12(15)16-13)9-5-3-2-4-6-9/h2-6,10H,7H2,1H3,(H2,15,16). The molecule has 1 aliphatic rings. The summed E-state index contributed by atoms with van der Waals surface area (Å²) < 4.78 is 5.11. The molecule has 2 rings (SSSR count). The van der Waals surface area contributed by atoms with Gasteiger partial charge in [-0.25, -0.2) is 4.99 Å². The smallest absolute Gasteiger partial charge is 0.229 e. The molecule has 0 fully saturated rings. The van der Waals surface area contributed by atoms with Crippen LogP contribution in [-0.2, 0) is 4.74 Å².